The van der Waals surface area contributed by atoms with Crippen LogP contribution in [-0.2, 0) is 16.4 Å². The zero-order chi connectivity index (χ0) is 10.3. The van der Waals surface area contributed by atoms with Crippen LogP contribution < -0.4 is 4.31 Å². The molecule has 0 fully saturated rings. The van der Waals surface area contributed by atoms with E-state index in [1.54, 1.807) is 0 Å². The second-order valence-corrected chi connectivity index (χ2v) is 5.60. The van der Waals surface area contributed by atoms with Crippen LogP contribution in [0.4, 0.5) is 5.69 Å². The van der Waals surface area contributed by atoms with E-state index in [0.29, 0.717) is 0 Å². The van der Waals surface area contributed by atoms with Gasteiger partial charge in [0.05, 0.1) is 11.9 Å². The number of rotatable bonds is 1. The molecule has 0 spiro atoms. The zero-order valence-electron chi connectivity index (χ0n) is 8.27. The summed E-state index contributed by atoms with van der Waals surface area (Å²) in [6, 6.07) is 7.70. The molecule has 0 radical (unpaired) electrons. The SMILES string of the molecule is C[C@@H]1Cc2ccccc2N1S(C)(=O)=O. The Morgan fingerprint density at radius 1 is 1.36 bits per heavy atom. The molecular weight excluding hydrogens is 198 g/mol. The highest BCUT2D eigenvalue weighted by Gasteiger charge is 2.31. The third-order valence-electron chi connectivity index (χ3n) is 2.50. The number of para-hydroxylation sites is 1. The standard InChI is InChI=1S/C10H13NO2S/c1-8-7-9-5-3-4-6-10(9)11(8)14(2,12)13/h3-6,8H,7H2,1-2H3/t8-/m1/s1. The molecule has 2 rings (SSSR count). The monoisotopic (exact) mass is 211 g/mol. The highest BCUT2D eigenvalue weighted by molar-refractivity contribution is 7.92. The fourth-order valence-corrected chi connectivity index (χ4v) is 3.31. The van der Waals surface area contributed by atoms with Crippen molar-refractivity contribution in [2.24, 2.45) is 0 Å². The van der Waals surface area contributed by atoms with Crippen LogP contribution >= 0.6 is 0 Å². The first-order valence-corrected chi connectivity index (χ1v) is 6.42. The summed E-state index contributed by atoms with van der Waals surface area (Å²) in [4.78, 5) is 0. The van der Waals surface area contributed by atoms with Crippen LogP contribution in [0.5, 0.6) is 0 Å². The first-order chi connectivity index (χ1) is 6.50. The van der Waals surface area contributed by atoms with Crippen LogP contribution in [0, 0.1) is 0 Å². The third kappa shape index (κ3) is 1.39. The molecule has 1 atom stereocenters. The van der Waals surface area contributed by atoms with Gasteiger partial charge in [-0.1, -0.05) is 18.2 Å². The molecule has 1 aromatic carbocycles. The molecule has 0 saturated carbocycles. The molecule has 1 aliphatic heterocycles. The number of sulfonamides is 1. The van der Waals surface area contributed by atoms with Gasteiger partial charge in [0, 0.05) is 6.04 Å². The predicted molar refractivity (Wildman–Crippen MR) is 56.9 cm³/mol. The summed E-state index contributed by atoms with van der Waals surface area (Å²) in [7, 11) is -3.13. The maximum atomic E-state index is 11.5. The van der Waals surface area contributed by atoms with Crippen LogP contribution in [0.1, 0.15) is 12.5 Å². The molecule has 0 N–H and O–H groups in total. The van der Waals surface area contributed by atoms with Crippen molar-refractivity contribution in [1.82, 2.24) is 0 Å². The topological polar surface area (TPSA) is 37.4 Å². The molecule has 14 heavy (non-hydrogen) atoms. The van der Waals surface area contributed by atoms with E-state index in [1.165, 1.54) is 10.6 Å². The first kappa shape index (κ1) is 9.52. The molecule has 4 heteroatoms. The number of fused-ring (bicyclic) bond motifs is 1. The van der Waals surface area contributed by atoms with Crippen LogP contribution in [0.25, 0.3) is 0 Å². The predicted octanol–water partition coefficient (Wildman–Crippen LogP) is 1.40. The third-order valence-corrected chi connectivity index (χ3v) is 3.77. The zero-order valence-corrected chi connectivity index (χ0v) is 9.08. The van der Waals surface area contributed by atoms with Gasteiger partial charge in [-0.3, -0.25) is 4.31 Å². The maximum Gasteiger partial charge on any atom is 0.232 e. The van der Waals surface area contributed by atoms with E-state index < -0.39 is 10.0 Å². The molecule has 0 saturated heterocycles. The number of benzene rings is 1. The lowest BCUT2D eigenvalue weighted by molar-refractivity contribution is 0.590. The molecule has 0 amide bonds. The Bertz CT molecular complexity index is 453. The van der Waals surface area contributed by atoms with Gasteiger partial charge in [-0.05, 0) is 25.0 Å². The molecule has 1 aliphatic rings. The van der Waals surface area contributed by atoms with Crippen molar-refractivity contribution in [2.45, 2.75) is 19.4 Å². The van der Waals surface area contributed by atoms with Crippen molar-refractivity contribution in [1.29, 1.82) is 0 Å². The van der Waals surface area contributed by atoms with Gasteiger partial charge >= 0.3 is 0 Å². The summed E-state index contributed by atoms with van der Waals surface area (Å²) >= 11 is 0. The molecule has 0 aliphatic carbocycles. The Morgan fingerprint density at radius 2 is 2.00 bits per heavy atom. The van der Waals surface area contributed by atoms with E-state index in [1.807, 2.05) is 31.2 Å². The Kier molecular flexibility index (Phi) is 2.03. The summed E-state index contributed by atoms with van der Waals surface area (Å²) in [5.41, 5.74) is 1.95. The molecular formula is C10H13NO2S. The van der Waals surface area contributed by atoms with Crippen molar-refractivity contribution >= 4 is 15.7 Å². The Balaban J connectivity index is 2.56. The minimum Gasteiger partial charge on any atom is -0.267 e. The van der Waals surface area contributed by atoms with E-state index in [2.05, 4.69) is 0 Å². The van der Waals surface area contributed by atoms with Gasteiger partial charge in [0.15, 0.2) is 0 Å². The van der Waals surface area contributed by atoms with E-state index in [0.717, 1.165) is 17.7 Å². The number of hydrogen-bond acceptors (Lipinski definition) is 2. The largest absolute Gasteiger partial charge is 0.267 e. The smallest absolute Gasteiger partial charge is 0.232 e. The maximum absolute atomic E-state index is 11.5. The lowest BCUT2D eigenvalue weighted by Gasteiger charge is -2.21. The lowest BCUT2D eigenvalue weighted by Crippen LogP contribution is -2.34. The van der Waals surface area contributed by atoms with Crippen molar-refractivity contribution in [2.75, 3.05) is 10.6 Å². The van der Waals surface area contributed by atoms with E-state index in [9.17, 15) is 8.42 Å². The highest BCUT2D eigenvalue weighted by atomic mass is 32.2. The van der Waals surface area contributed by atoms with Gasteiger partial charge in [0.1, 0.15) is 0 Å². The molecule has 1 aromatic rings. The van der Waals surface area contributed by atoms with E-state index in [-0.39, 0.29) is 6.04 Å². The number of nitrogens with zero attached hydrogens (tertiary/aromatic N) is 1. The van der Waals surface area contributed by atoms with Gasteiger partial charge in [0.2, 0.25) is 10.0 Å². The van der Waals surface area contributed by atoms with Crippen LogP contribution in [0.15, 0.2) is 24.3 Å². The average Bonchev–Trinajstić information content (AvgIpc) is 2.38. The fraction of sp³-hybridized carbons (Fsp3) is 0.400. The fourth-order valence-electron chi connectivity index (χ4n) is 2.04. The molecule has 76 valence electrons. The number of anilines is 1. The molecule has 0 aromatic heterocycles. The molecule has 1 heterocycles. The summed E-state index contributed by atoms with van der Waals surface area (Å²) in [6.45, 7) is 1.93. The lowest BCUT2D eigenvalue weighted by atomic mass is 10.1. The van der Waals surface area contributed by atoms with Gasteiger partial charge in [0.25, 0.3) is 0 Å². The summed E-state index contributed by atoms with van der Waals surface area (Å²) in [6.07, 6.45) is 2.06. The van der Waals surface area contributed by atoms with Crippen LogP contribution in [0.2, 0.25) is 0 Å². The number of hydrogen-bond donors (Lipinski definition) is 0. The Morgan fingerprint density at radius 3 is 2.64 bits per heavy atom. The first-order valence-electron chi connectivity index (χ1n) is 4.57. The summed E-state index contributed by atoms with van der Waals surface area (Å²) in [5, 5.41) is 0. The molecule has 0 unspecified atom stereocenters. The normalized spacial score (nSPS) is 21.0. The second kappa shape index (κ2) is 2.98. The summed E-state index contributed by atoms with van der Waals surface area (Å²) < 4.78 is 24.6. The van der Waals surface area contributed by atoms with Crippen molar-refractivity contribution in [3.8, 4) is 0 Å². The van der Waals surface area contributed by atoms with Gasteiger partial charge in [-0.25, -0.2) is 8.42 Å². The van der Waals surface area contributed by atoms with Crippen molar-refractivity contribution in [3.63, 3.8) is 0 Å². The average molecular weight is 211 g/mol. The Hall–Kier alpha value is -1.03. The van der Waals surface area contributed by atoms with E-state index >= 15 is 0 Å². The summed E-state index contributed by atoms with van der Waals surface area (Å²) in [5.74, 6) is 0. The van der Waals surface area contributed by atoms with Crippen LogP contribution in [-0.4, -0.2) is 20.7 Å². The van der Waals surface area contributed by atoms with Gasteiger partial charge in [-0.2, -0.15) is 0 Å². The quantitative estimate of drug-likeness (QED) is 0.704. The minimum atomic E-state index is -3.13. The molecule has 3 nitrogen and oxygen atoms in total. The van der Waals surface area contributed by atoms with Gasteiger partial charge < -0.3 is 0 Å². The van der Waals surface area contributed by atoms with Crippen LogP contribution in [0.3, 0.4) is 0 Å². The molecule has 0 bridgehead atoms. The highest BCUT2D eigenvalue weighted by Crippen LogP contribution is 2.33. The van der Waals surface area contributed by atoms with Crippen molar-refractivity contribution < 1.29 is 8.42 Å². The van der Waals surface area contributed by atoms with Gasteiger partial charge in [-0.15, -0.1) is 0 Å². The second-order valence-electron chi connectivity index (χ2n) is 3.74. The van der Waals surface area contributed by atoms with E-state index in [4.69, 9.17) is 0 Å². The Labute approximate surface area is 84.4 Å². The minimum absolute atomic E-state index is 0.0439. The van der Waals surface area contributed by atoms with Crippen molar-refractivity contribution in [3.05, 3.63) is 29.8 Å².